The number of hydrogen-bond donors (Lipinski definition) is 2. The normalized spacial score (nSPS) is 11.7. The van der Waals surface area contributed by atoms with E-state index >= 15 is 0 Å². The number of carbonyl (C=O) groups excluding carboxylic acids is 2. The molecule has 0 spiro atoms. The molecule has 3 N–H and O–H groups in total. The average Bonchev–Trinajstić information content (AvgIpc) is 2.43. The van der Waals surface area contributed by atoms with Gasteiger partial charge >= 0.3 is 0 Å². The highest BCUT2D eigenvalue weighted by Crippen LogP contribution is 2.12. The topological polar surface area (TPSA) is 75.4 Å². The molecular weight excluding hydrogens is 230 g/mol. The van der Waals surface area contributed by atoms with Crippen LogP contribution in [0.25, 0.3) is 0 Å². The van der Waals surface area contributed by atoms with Crippen LogP contribution in [-0.2, 0) is 9.59 Å². The molecule has 98 valence electrons. The SMILES string of the molecule is CNC(=O)CCN(C)C(=O)[C@@H](N)c1ccccc1. The van der Waals surface area contributed by atoms with E-state index in [0.717, 1.165) is 5.56 Å². The highest BCUT2D eigenvalue weighted by Gasteiger charge is 2.19. The van der Waals surface area contributed by atoms with E-state index in [1.54, 1.807) is 14.1 Å². The summed E-state index contributed by atoms with van der Waals surface area (Å²) in [6, 6.07) is 8.50. The number of nitrogens with two attached hydrogens (primary N) is 1. The van der Waals surface area contributed by atoms with E-state index in [2.05, 4.69) is 5.32 Å². The fourth-order valence-corrected chi connectivity index (χ4v) is 1.54. The fourth-order valence-electron chi connectivity index (χ4n) is 1.54. The molecule has 0 saturated heterocycles. The van der Waals surface area contributed by atoms with Gasteiger partial charge in [-0.15, -0.1) is 0 Å². The molecule has 0 aliphatic heterocycles. The summed E-state index contributed by atoms with van der Waals surface area (Å²) in [7, 11) is 3.22. The summed E-state index contributed by atoms with van der Waals surface area (Å²) in [6.45, 7) is 0.360. The van der Waals surface area contributed by atoms with Gasteiger partial charge in [-0.1, -0.05) is 30.3 Å². The van der Waals surface area contributed by atoms with Crippen molar-refractivity contribution in [3.8, 4) is 0 Å². The summed E-state index contributed by atoms with van der Waals surface area (Å²) < 4.78 is 0. The maximum absolute atomic E-state index is 12.0. The van der Waals surface area contributed by atoms with Crippen LogP contribution in [0, 0.1) is 0 Å². The lowest BCUT2D eigenvalue weighted by atomic mass is 10.1. The molecule has 0 radical (unpaired) electrons. The van der Waals surface area contributed by atoms with Crippen LogP contribution in [-0.4, -0.2) is 37.4 Å². The lowest BCUT2D eigenvalue weighted by Crippen LogP contribution is -2.37. The van der Waals surface area contributed by atoms with Crippen LogP contribution in [0.3, 0.4) is 0 Å². The fraction of sp³-hybridized carbons (Fsp3) is 0.385. The van der Waals surface area contributed by atoms with Gasteiger partial charge in [0.05, 0.1) is 0 Å². The van der Waals surface area contributed by atoms with E-state index in [4.69, 9.17) is 5.73 Å². The molecule has 0 unspecified atom stereocenters. The number of likely N-dealkylation sites (N-methyl/N-ethyl adjacent to an activating group) is 1. The molecule has 0 heterocycles. The maximum Gasteiger partial charge on any atom is 0.243 e. The Morgan fingerprint density at radius 1 is 1.33 bits per heavy atom. The molecule has 1 aromatic rings. The van der Waals surface area contributed by atoms with Gasteiger partial charge < -0.3 is 16.0 Å². The first-order valence-electron chi connectivity index (χ1n) is 5.82. The number of nitrogens with one attached hydrogen (secondary N) is 1. The zero-order valence-corrected chi connectivity index (χ0v) is 10.7. The minimum Gasteiger partial charge on any atom is -0.359 e. The molecule has 2 amide bonds. The third-order valence-corrected chi connectivity index (χ3v) is 2.75. The zero-order chi connectivity index (χ0) is 13.5. The summed E-state index contributed by atoms with van der Waals surface area (Å²) in [5.74, 6) is -0.284. The molecule has 0 aromatic heterocycles. The van der Waals surface area contributed by atoms with Crippen molar-refractivity contribution in [1.82, 2.24) is 10.2 Å². The number of carbonyl (C=O) groups is 2. The Bertz CT molecular complexity index is 406. The molecule has 1 atom stereocenters. The Morgan fingerprint density at radius 2 is 1.94 bits per heavy atom. The van der Waals surface area contributed by atoms with Crippen molar-refractivity contribution in [3.63, 3.8) is 0 Å². The van der Waals surface area contributed by atoms with Gasteiger partial charge in [0.25, 0.3) is 0 Å². The van der Waals surface area contributed by atoms with Crippen LogP contribution in [0.5, 0.6) is 0 Å². The number of hydrogen-bond acceptors (Lipinski definition) is 3. The zero-order valence-electron chi connectivity index (χ0n) is 10.7. The van der Waals surface area contributed by atoms with E-state index in [0.29, 0.717) is 6.54 Å². The Morgan fingerprint density at radius 3 is 2.50 bits per heavy atom. The van der Waals surface area contributed by atoms with Gasteiger partial charge in [0, 0.05) is 27.1 Å². The van der Waals surface area contributed by atoms with Crippen molar-refractivity contribution in [2.24, 2.45) is 5.73 Å². The van der Waals surface area contributed by atoms with Gasteiger partial charge in [-0.3, -0.25) is 9.59 Å². The second-order valence-corrected chi connectivity index (χ2v) is 4.07. The van der Waals surface area contributed by atoms with E-state index in [1.165, 1.54) is 4.90 Å². The van der Waals surface area contributed by atoms with Gasteiger partial charge in [0.15, 0.2) is 0 Å². The Balaban J connectivity index is 2.56. The van der Waals surface area contributed by atoms with Gasteiger partial charge in [0.1, 0.15) is 6.04 Å². The number of benzene rings is 1. The largest absolute Gasteiger partial charge is 0.359 e. The summed E-state index contributed by atoms with van der Waals surface area (Å²) in [6.07, 6.45) is 0.278. The summed E-state index contributed by atoms with van der Waals surface area (Å²) in [5, 5.41) is 2.51. The number of rotatable bonds is 5. The first-order valence-corrected chi connectivity index (χ1v) is 5.82. The standard InChI is InChI=1S/C13H19N3O2/c1-15-11(17)8-9-16(2)13(18)12(14)10-6-4-3-5-7-10/h3-7,12H,8-9,14H2,1-2H3,(H,15,17)/t12-/m0/s1. The monoisotopic (exact) mass is 249 g/mol. The molecular formula is C13H19N3O2. The van der Waals surface area contributed by atoms with Crippen LogP contribution < -0.4 is 11.1 Å². The Labute approximate surface area is 107 Å². The predicted octanol–water partition coefficient (Wildman–Crippen LogP) is 0.281. The van der Waals surface area contributed by atoms with Crippen molar-refractivity contribution in [2.75, 3.05) is 20.6 Å². The Kier molecular flexibility index (Phi) is 5.32. The maximum atomic E-state index is 12.0. The van der Waals surface area contributed by atoms with Crippen molar-refractivity contribution >= 4 is 11.8 Å². The smallest absolute Gasteiger partial charge is 0.243 e. The minimum absolute atomic E-state index is 0.0945. The highest BCUT2D eigenvalue weighted by atomic mass is 16.2. The number of amides is 2. The quantitative estimate of drug-likeness (QED) is 0.787. The predicted molar refractivity (Wildman–Crippen MR) is 69.7 cm³/mol. The summed E-state index contributed by atoms with van der Waals surface area (Å²) >= 11 is 0. The molecule has 5 nitrogen and oxygen atoms in total. The van der Waals surface area contributed by atoms with E-state index in [1.807, 2.05) is 30.3 Å². The molecule has 0 bridgehead atoms. The molecule has 0 fully saturated rings. The molecule has 1 rings (SSSR count). The first-order chi connectivity index (χ1) is 8.56. The van der Waals surface area contributed by atoms with E-state index < -0.39 is 6.04 Å². The molecule has 5 heteroatoms. The molecule has 0 saturated carbocycles. The van der Waals surface area contributed by atoms with Crippen molar-refractivity contribution in [2.45, 2.75) is 12.5 Å². The van der Waals surface area contributed by atoms with Crippen LogP contribution in [0.4, 0.5) is 0 Å². The van der Waals surface area contributed by atoms with Crippen LogP contribution in [0.1, 0.15) is 18.0 Å². The van der Waals surface area contributed by atoms with E-state index in [-0.39, 0.29) is 18.2 Å². The highest BCUT2D eigenvalue weighted by molar-refractivity contribution is 5.83. The second-order valence-electron chi connectivity index (χ2n) is 4.07. The van der Waals surface area contributed by atoms with Crippen LogP contribution in [0.15, 0.2) is 30.3 Å². The van der Waals surface area contributed by atoms with Crippen molar-refractivity contribution in [1.29, 1.82) is 0 Å². The van der Waals surface area contributed by atoms with Crippen LogP contribution in [0.2, 0.25) is 0 Å². The average molecular weight is 249 g/mol. The van der Waals surface area contributed by atoms with E-state index in [9.17, 15) is 9.59 Å². The lowest BCUT2D eigenvalue weighted by Gasteiger charge is -2.21. The van der Waals surface area contributed by atoms with Crippen LogP contribution >= 0.6 is 0 Å². The van der Waals surface area contributed by atoms with Gasteiger partial charge in [-0.05, 0) is 5.56 Å². The molecule has 1 aromatic carbocycles. The molecule has 0 aliphatic carbocycles. The molecule has 18 heavy (non-hydrogen) atoms. The summed E-state index contributed by atoms with van der Waals surface area (Å²) in [4.78, 5) is 24.6. The van der Waals surface area contributed by atoms with Crippen molar-refractivity contribution < 1.29 is 9.59 Å². The van der Waals surface area contributed by atoms with Gasteiger partial charge in [-0.25, -0.2) is 0 Å². The Hall–Kier alpha value is -1.88. The third-order valence-electron chi connectivity index (χ3n) is 2.75. The summed E-state index contributed by atoms with van der Waals surface area (Å²) in [5.41, 5.74) is 6.66. The lowest BCUT2D eigenvalue weighted by molar-refractivity contribution is -0.132. The minimum atomic E-state index is -0.680. The van der Waals surface area contributed by atoms with Crippen molar-refractivity contribution in [3.05, 3.63) is 35.9 Å². The van der Waals surface area contributed by atoms with Gasteiger partial charge in [-0.2, -0.15) is 0 Å². The van der Waals surface area contributed by atoms with Gasteiger partial charge in [0.2, 0.25) is 11.8 Å². The number of nitrogens with zero attached hydrogens (tertiary/aromatic N) is 1. The third kappa shape index (κ3) is 3.85. The second kappa shape index (κ2) is 6.76. The molecule has 0 aliphatic rings. The first kappa shape index (κ1) is 14.2.